The summed E-state index contributed by atoms with van der Waals surface area (Å²) in [4.78, 5) is 11.6. The molecule has 1 aromatic rings. The smallest absolute Gasteiger partial charge is 0.147 e. The highest BCUT2D eigenvalue weighted by Crippen LogP contribution is 2.17. The number of Topliss-reactive ketones (excluding diaryl/α,β-unsaturated/α-hetero) is 1. The van der Waals surface area contributed by atoms with E-state index < -0.39 is 0 Å². The van der Waals surface area contributed by atoms with Crippen LogP contribution in [-0.2, 0) is 11.2 Å². The van der Waals surface area contributed by atoms with Crippen LogP contribution in [0.25, 0.3) is 0 Å². The van der Waals surface area contributed by atoms with Crippen LogP contribution in [0.15, 0.2) is 24.3 Å². The maximum atomic E-state index is 11.6. The summed E-state index contributed by atoms with van der Waals surface area (Å²) in [6, 6.07) is 7.50. The van der Waals surface area contributed by atoms with Crippen LogP contribution >= 0.6 is 23.4 Å². The molecule has 0 aliphatic rings. The SMILES string of the molecule is CC(C)SCC(=O)Cc1ccccc1Cl. The summed E-state index contributed by atoms with van der Waals surface area (Å²) in [6.07, 6.45) is 0.444. The fraction of sp³-hybridized carbons (Fsp3) is 0.417. The van der Waals surface area contributed by atoms with Crippen LogP contribution in [0.2, 0.25) is 5.02 Å². The predicted molar refractivity (Wildman–Crippen MR) is 67.8 cm³/mol. The fourth-order valence-corrected chi connectivity index (χ4v) is 1.99. The molecule has 0 saturated heterocycles. The van der Waals surface area contributed by atoms with Crippen LogP contribution in [0.3, 0.4) is 0 Å². The first-order valence-electron chi connectivity index (χ1n) is 4.96. The second kappa shape index (κ2) is 6.19. The van der Waals surface area contributed by atoms with E-state index in [1.165, 1.54) is 0 Å². The third-order valence-electron chi connectivity index (χ3n) is 1.92. The average Bonchev–Trinajstić information content (AvgIpc) is 2.18. The molecule has 82 valence electrons. The van der Waals surface area contributed by atoms with Gasteiger partial charge >= 0.3 is 0 Å². The molecule has 0 amide bonds. The molecular formula is C12H15ClOS. The lowest BCUT2D eigenvalue weighted by Gasteiger charge is -2.05. The first-order valence-corrected chi connectivity index (χ1v) is 6.39. The normalized spacial score (nSPS) is 10.7. The fourth-order valence-electron chi connectivity index (χ4n) is 1.16. The van der Waals surface area contributed by atoms with Crippen molar-refractivity contribution in [2.45, 2.75) is 25.5 Å². The van der Waals surface area contributed by atoms with Crippen molar-refractivity contribution in [1.82, 2.24) is 0 Å². The van der Waals surface area contributed by atoms with Crippen LogP contribution in [0.5, 0.6) is 0 Å². The number of halogens is 1. The number of ketones is 1. The number of benzene rings is 1. The van der Waals surface area contributed by atoms with Crippen LogP contribution in [-0.4, -0.2) is 16.8 Å². The Hall–Kier alpha value is -0.470. The molecule has 0 saturated carbocycles. The molecule has 0 aromatic heterocycles. The van der Waals surface area contributed by atoms with E-state index in [0.717, 1.165) is 5.56 Å². The summed E-state index contributed by atoms with van der Waals surface area (Å²) in [6.45, 7) is 4.18. The lowest BCUT2D eigenvalue weighted by molar-refractivity contribution is -0.116. The number of thioether (sulfide) groups is 1. The lowest BCUT2D eigenvalue weighted by Crippen LogP contribution is -2.08. The summed E-state index contributed by atoms with van der Waals surface area (Å²) < 4.78 is 0. The van der Waals surface area contributed by atoms with Gasteiger partial charge in [0.15, 0.2) is 0 Å². The zero-order chi connectivity index (χ0) is 11.3. The first-order chi connectivity index (χ1) is 7.09. The zero-order valence-electron chi connectivity index (χ0n) is 9.00. The van der Waals surface area contributed by atoms with Crippen molar-refractivity contribution < 1.29 is 4.79 Å². The van der Waals surface area contributed by atoms with Crippen molar-refractivity contribution in [1.29, 1.82) is 0 Å². The van der Waals surface area contributed by atoms with Crippen LogP contribution in [0.1, 0.15) is 19.4 Å². The number of hydrogen-bond donors (Lipinski definition) is 0. The third-order valence-corrected chi connectivity index (χ3v) is 3.45. The van der Waals surface area contributed by atoms with Gasteiger partial charge in [-0.3, -0.25) is 4.79 Å². The second-order valence-corrected chi connectivity index (χ2v) is 5.64. The summed E-state index contributed by atoms with van der Waals surface area (Å²) in [5.74, 6) is 0.810. The maximum Gasteiger partial charge on any atom is 0.147 e. The van der Waals surface area contributed by atoms with Crippen molar-refractivity contribution in [3.63, 3.8) is 0 Å². The van der Waals surface area contributed by atoms with E-state index in [1.54, 1.807) is 11.8 Å². The molecule has 0 unspecified atom stereocenters. The summed E-state index contributed by atoms with van der Waals surface area (Å²) >= 11 is 7.64. The van der Waals surface area contributed by atoms with Gasteiger partial charge in [-0.2, -0.15) is 11.8 Å². The molecule has 1 nitrogen and oxygen atoms in total. The van der Waals surface area contributed by atoms with Gasteiger partial charge in [-0.25, -0.2) is 0 Å². The Morgan fingerprint density at radius 2 is 2.07 bits per heavy atom. The van der Waals surface area contributed by atoms with Crippen molar-refractivity contribution in [3.8, 4) is 0 Å². The van der Waals surface area contributed by atoms with Crippen molar-refractivity contribution in [3.05, 3.63) is 34.9 Å². The van der Waals surface area contributed by atoms with Gasteiger partial charge < -0.3 is 0 Å². The second-order valence-electron chi connectivity index (χ2n) is 3.67. The van der Waals surface area contributed by atoms with E-state index in [-0.39, 0.29) is 5.78 Å². The topological polar surface area (TPSA) is 17.1 Å². The molecule has 1 rings (SSSR count). The molecule has 0 aliphatic heterocycles. The van der Waals surface area contributed by atoms with Gasteiger partial charge in [0, 0.05) is 11.4 Å². The minimum absolute atomic E-state index is 0.238. The molecule has 15 heavy (non-hydrogen) atoms. The molecule has 0 N–H and O–H groups in total. The van der Waals surface area contributed by atoms with Gasteiger partial charge in [-0.05, 0) is 16.9 Å². The van der Waals surface area contributed by atoms with Gasteiger partial charge in [0.2, 0.25) is 0 Å². The highest BCUT2D eigenvalue weighted by Gasteiger charge is 2.07. The zero-order valence-corrected chi connectivity index (χ0v) is 10.6. The van der Waals surface area contributed by atoms with E-state index in [4.69, 9.17) is 11.6 Å². The van der Waals surface area contributed by atoms with E-state index in [2.05, 4.69) is 13.8 Å². The summed E-state index contributed by atoms with van der Waals surface area (Å²) in [5, 5.41) is 1.18. The first kappa shape index (κ1) is 12.6. The highest BCUT2D eigenvalue weighted by molar-refractivity contribution is 8.00. The monoisotopic (exact) mass is 242 g/mol. The van der Waals surface area contributed by atoms with Crippen molar-refractivity contribution in [2.75, 3.05) is 5.75 Å². The third kappa shape index (κ3) is 4.72. The Morgan fingerprint density at radius 3 is 2.67 bits per heavy atom. The lowest BCUT2D eigenvalue weighted by atomic mass is 10.1. The molecule has 0 spiro atoms. The van der Waals surface area contributed by atoms with Gasteiger partial charge in [-0.15, -0.1) is 0 Å². The minimum atomic E-state index is 0.238. The van der Waals surface area contributed by atoms with Crippen LogP contribution in [0.4, 0.5) is 0 Å². The quantitative estimate of drug-likeness (QED) is 0.785. The molecule has 0 radical (unpaired) electrons. The Labute approximate surface area is 100 Å². The molecule has 0 bridgehead atoms. The van der Waals surface area contributed by atoms with E-state index in [0.29, 0.717) is 22.4 Å². The number of carbonyl (C=O) groups excluding carboxylic acids is 1. The van der Waals surface area contributed by atoms with Crippen LogP contribution < -0.4 is 0 Å². The molecule has 0 heterocycles. The molecule has 1 aromatic carbocycles. The van der Waals surface area contributed by atoms with E-state index in [9.17, 15) is 4.79 Å². The summed E-state index contributed by atoms with van der Waals surface area (Å²) in [7, 11) is 0. The Balaban J connectivity index is 2.48. The minimum Gasteiger partial charge on any atom is -0.298 e. The standard InChI is InChI=1S/C12H15ClOS/c1-9(2)15-8-11(14)7-10-5-3-4-6-12(10)13/h3-6,9H,7-8H2,1-2H3. The van der Waals surface area contributed by atoms with Crippen molar-refractivity contribution >= 4 is 29.1 Å². The Kier molecular flexibility index (Phi) is 5.20. The Morgan fingerprint density at radius 1 is 1.40 bits per heavy atom. The van der Waals surface area contributed by atoms with Gasteiger partial charge in [0.1, 0.15) is 5.78 Å². The molecular weight excluding hydrogens is 228 g/mol. The van der Waals surface area contributed by atoms with Crippen LogP contribution in [0, 0.1) is 0 Å². The van der Waals surface area contributed by atoms with Crippen molar-refractivity contribution in [2.24, 2.45) is 0 Å². The molecule has 0 fully saturated rings. The van der Waals surface area contributed by atoms with E-state index in [1.807, 2.05) is 24.3 Å². The summed E-state index contributed by atoms with van der Waals surface area (Å²) in [5.41, 5.74) is 0.925. The van der Waals surface area contributed by atoms with E-state index >= 15 is 0 Å². The highest BCUT2D eigenvalue weighted by atomic mass is 35.5. The number of rotatable bonds is 5. The number of carbonyl (C=O) groups is 1. The molecule has 0 atom stereocenters. The Bertz CT molecular complexity index is 336. The largest absolute Gasteiger partial charge is 0.298 e. The predicted octanol–water partition coefficient (Wildman–Crippen LogP) is 3.59. The van der Waals surface area contributed by atoms with Gasteiger partial charge in [-0.1, -0.05) is 43.6 Å². The number of hydrogen-bond acceptors (Lipinski definition) is 2. The van der Waals surface area contributed by atoms with Gasteiger partial charge in [0.25, 0.3) is 0 Å². The maximum absolute atomic E-state index is 11.6. The van der Waals surface area contributed by atoms with Gasteiger partial charge in [0.05, 0.1) is 5.75 Å². The molecule has 3 heteroatoms. The average molecular weight is 243 g/mol. The molecule has 0 aliphatic carbocycles.